The normalized spacial score (nSPS) is 15.0. The molecule has 0 bridgehead atoms. The van der Waals surface area contributed by atoms with Crippen molar-refractivity contribution in [3.63, 3.8) is 0 Å². The van der Waals surface area contributed by atoms with Gasteiger partial charge in [-0.1, -0.05) is 125 Å². The highest BCUT2D eigenvalue weighted by atomic mass is 31.2. The van der Waals surface area contributed by atoms with Crippen molar-refractivity contribution in [3.05, 3.63) is 72.9 Å². The summed E-state index contributed by atoms with van der Waals surface area (Å²) in [6.45, 7) is 3.55. The molecule has 11 heteroatoms. The van der Waals surface area contributed by atoms with Crippen molar-refractivity contribution in [2.24, 2.45) is 5.73 Å². The lowest BCUT2D eigenvalue weighted by Gasteiger charge is -2.20. The fourth-order valence-electron chi connectivity index (χ4n) is 4.19. The molecule has 0 amide bonds. The van der Waals surface area contributed by atoms with Crippen LogP contribution in [0.25, 0.3) is 0 Å². The fourth-order valence-corrected chi connectivity index (χ4v) is 4.96. The maximum atomic E-state index is 12.5. The molecule has 3 unspecified atom stereocenters. The second-order valence-electron chi connectivity index (χ2n) is 11.6. The molecule has 0 saturated heterocycles. The highest BCUT2D eigenvalue weighted by Gasteiger charge is 2.27. The maximum Gasteiger partial charge on any atom is 0.472 e. The zero-order chi connectivity index (χ0) is 36.3. The molecule has 0 heterocycles. The van der Waals surface area contributed by atoms with Crippen molar-refractivity contribution in [1.29, 1.82) is 0 Å². The second-order valence-corrected chi connectivity index (χ2v) is 13.1. The van der Waals surface area contributed by atoms with Gasteiger partial charge in [0.25, 0.3) is 0 Å². The van der Waals surface area contributed by atoms with Gasteiger partial charge in [0, 0.05) is 6.61 Å². The Morgan fingerprint density at radius 1 is 0.673 bits per heavy atom. The quantitative estimate of drug-likeness (QED) is 0.0260. The SMILES string of the molecule is CC/C=C\C/C=C\C/C=C\C/C=C\C/C=C\CC(=O)OC(COCCCCCCCC/C=C\CCCC)COP(=O)(O)OCC(N)C(=O)O. The van der Waals surface area contributed by atoms with E-state index in [1.165, 1.54) is 38.5 Å². The molecule has 4 N–H and O–H groups in total. The van der Waals surface area contributed by atoms with Gasteiger partial charge < -0.3 is 25.2 Å². The molecule has 0 saturated carbocycles. The number of aliphatic carboxylic acids is 1. The van der Waals surface area contributed by atoms with E-state index in [2.05, 4.69) is 73.1 Å². The van der Waals surface area contributed by atoms with Crippen LogP contribution >= 0.6 is 7.82 Å². The Morgan fingerprint density at radius 3 is 1.76 bits per heavy atom. The van der Waals surface area contributed by atoms with E-state index in [0.717, 1.165) is 51.4 Å². The van der Waals surface area contributed by atoms with Crippen LogP contribution in [0.15, 0.2) is 72.9 Å². The molecule has 0 aliphatic heterocycles. The van der Waals surface area contributed by atoms with Gasteiger partial charge in [-0.05, 0) is 57.8 Å². The number of carboxylic acids is 1. The standard InChI is InChI=1S/C38H64NO9P/c1-3-5-7-9-11-13-15-17-18-19-20-22-24-26-28-30-37(40)48-35(33-46-49(43,44)47-34-36(39)38(41)42)32-45-31-29-27-25-23-21-16-14-12-10-8-6-4-2/h5,7,10-13,17-18,20,22,26,28,35-36H,3-4,6,8-9,14-16,19,21,23-25,27,29-34,39H2,1-2H3,(H,41,42)(H,43,44)/b7-5-,12-10-,13-11-,18-17-,22-20-,28-26-. The van der Waals surface area contributed by atoms with Gasteiger partial charge in [0.15, 0.2) is 0 Å². The summed E-state index contributed by atoms with van der Waals surface area (Å²) in [5.74, 6) is -1.93. The molecule has 280 valence electrons. The molecule has 0 aliphatic rings. The van der Waals surface area contributed by atoms with E-state index >= 15 is 0 Å². The number of carboxylic acid groups (broad SMARTS) is 1. The molecule has 0 spiro atoms. The third-order valence-electron chi connectivity index (χ3n) is 7.00. The monoisotopic (exact) mass is 709 g/mol. The lowest BCUT2D eigenvalue weighted by molar-refractivity contribution is -0.153. The van der Waals surface area contributed by atoms with Crippen LogP contribution in [0.1, 0.15) is 117 Å². The van der Waals surface area contributed by atoms with Crippen LogP contribution in [0, 0.1) is 0 Å². The van der Waals surface area contributed by atoms with Gasteiger partial charge in [0.2, 0.25) is 0 Å². The van der Waals surface area contributed by atoms with E-state index in [0.29, 0.717) is 13.0 Å². The zero-order valence-electron chi connectivity index (χ0n) is 30.0. The molecule has 0 aromatic rings. The molecule has 10 nitrogen and oxygen atoms in total. The van der Waals surface area contributed by atoms with Gasteiger partial charge in [-0.2, -0.15) is 0 Å². The number of phosphoric acid groups is 1. The third-order valence-corrected chi connectivity index (χ3v) is 7.95. The summed E-state index contributed by atoms with van der Waals surface area (Å²) < 4.78 is 33.0. The van der Waals surface area contributed by atoms with Gasteiger partial charge >= 0.3 is 19.8 Å². The van der Waals surface area contributed by atoms with Gasteiger partial charge in [-0.3, -0.25) is 18.6 Å². The van der Waals surface area contributed by atoms with Gasteiger partial charge in [-0.25, -0.2) is 4.57 Å². The Balaban J connectivity index is 4.52. The Labute approximate surface area is 295 Å². The number of unbranched alkanes of at least 4 members (excludes halogenated alkanes) is 8. The molecule has 3 atom stereocenters. The number of rotatable bonds is 33. The number of allylic oxidation sites excluding steroid dienone is 11. The first-order valence-electron chi connectivity index (χ1n) is 18.0. The molecule has 0 rings (SSSR count). The van der Waals surface area contributed by atoms with Gasteiger partial charge in [0.05, 0.1) is 26.2 Å². The average molecular weight is 710 g/mol. The average Bonchev–Trinajstić information content (AvgIpc) is 3.07. The van der Waals surface area contributed by atoms with Crippen molar-refractivity contribution in [2.45, 2.75) is 129 Å². The van der Waals surface area contributed by atoms with Crippen molar-refractivity contribution < 1.29 is 42.7 Å². The van der Waals surface area contributed by atoms with Crippen LogP contribution in [0.5, 0.6) is 0 Å². The van der Waals surface area contributed by atoms with E-state index < -0.39 is 45.1 Å². The second kappa shape index (κ2) is 33.9. The summed E-state index contributed by atoms with van der Waals surface area (Å²) in [5.41, 5.74) is 5.32. The Morgan fingerprint density at radius 2 is 1.18 bits per heavy atom. The minimum absolute atomic E-state index is 0.0132. The van der Waals surface area contributed by atoms with Crippen molar-refractivity contribution in [2.75, 3.05) is 26.4 Å². The molecule has 0 fully saturated rings. The van der Waals surface area contributed by atoms with Crippen LogP contribution in [0.2, 0.25) is 0 Å². The summed E-state index contributed by atoms with van der Waals surface area (Å²) in [6.07, 6.45) is 39.9. The van der Waals surface area contributed by atoms with Crippen LogP contribution in [-0.4, -0.2) is 60.5 Å². The molecule has 0 aromatic heterocycles. The van der Waals surface area contributed by atoms with E-state index in [1.807, 2.05) is 12.2 Å². The topological polar surface area (TPSA) is 155 Å². The lowest BCUT2D eigenvalue weighted by Crippen LogP contribution is -2.34. The highest BCUT2D eigenvalue weighted by Crippen LogP contribution is 2.43. The summed E-state index contributed by atoms with van der Waals surface area (Å²) in [6, 6.07) is -1.49. The minimum Gasteiger partial charge on any atom is -0.480 e. The van der Waals surface area contributed by atoms with Crippen molar-refractivity contribution in [1.82, 2.24) is 0 Å². The number of carbonyl (C=O) groups is 2. The van der Waals surface area contributed by atoms with Crippen LogP contribution in [0.4, 0.5) is 0 Å². The summed E-state index contributed by atoms with van der Waals surface area (Å²) in [4.78, 5) is 33.3. The largest absolute Gasteiger partial charge is 0.480 e. The summed E-state index contributed by atoms with van der Waals surface area (Å²) in [7, 11) is -4.64. The van der Waals surface area contributed by atoms with Gasteiger partial charge in [0.1, 0.15) is 12.1 Å². The molecular formula is C38H64NO9P. The molecule has 0 aromatic carbocycles. The smallest absolute Gasteiger partial charge is 0.472 e. The minimum atomic E-state index is -4.64. The van der Waals surface area contributed by atoms with E-state index in [9.17, 15) is 19.0 Å². The Bertz CT molecular complexity index is 1050. The predicted molar refractivity (Wildman–Crippen MR) is 198 cm³/mol. The van der Waals surface area contributed by atoms with Crippen LogP contribution in [-0.2, 0) is 32.7 Å². The molecular weight excluding hydrogens is 645 g/mol. The van der Waals surface area contributed by atoms with E-state index in [1.54, 1.807) is 6.08 Å². The third kappa shape index (κ3) is 33.7. The number of ether oxygens (including phenoxy) is 2. The number of hydrogen-bond acceptors (Lipinski definition) is 8. The van der Waals surface area contributed by atoms with Crippen molar-refractivity contribution >= 4 is 19.8 Å². The number of hydrogen-bond donors (Lipinski definition) is 3. The molecule has 49 heavy (non-hydrogen) atoms. The predicted octanol–water partition coefficient (Wildman–Crippen LogP) is 9.08. The van der Waals surface area contributed by atoms with Crippen LogP contribution in [0.3, 0.4) is 0 Å². The van der Waals surface area contributed by atoms with E-state index in [-0.39, 0.29) is 13.0 Å². The molecule has 0 radical (unpaired) electrons. The van der Waals surface area contributed by atoms with Crippen molar-refractivity contribution in [3.8, 4) is 0 Å². The first-order chi connectivity index (χ1) is 23.7. The fraction of sp³-hybridized carbons (Fsp3) is 0.632. The highest BCUT2D eigenvalue weighted by molar-refractivity contribution is 7.47. The Hall–Kier alpha value is -2.59. The zero-order valence-corrected chi connectivity index (χ0v) is 30.9. The first kappa shape index (κ1) is 46.4. The van der Waals surface area contributed by atoms with E-state index in [4.69, 9.17) is 24.8 Å². The van der Waals surface area contributed by atoms with Gasteiger partial charge in [-0.15, -0.1) is 0 Å². The first-order valence-corrected chi connectivity index (χ1v) is 19.5. The summed E-state index contributed by atoms with van der Waals surface area (Å²) in [5, 5.41) is 8.85. The lowest BCUT2D eigenvalue weighted by atomic mass is 10.1. The summed E-state index contributed by atoms with van der Waals surface area (Å²) >= 11 is 0. The maximum absolute atomic E-state index is 12.5. The van der Waals surface area contributed by atoms with Crippen LogP contribution < -0.4 is 5.73 Å². The number of nitrogens with two attached hydrogens (primary N) is 1. The number of phosphoric ester groups is 1. The molecule has 0 aliphatic carbocycles. The Kier molecular flexibility index (Phi) is 32.1. The number of carbonyl (C=O) groups excluding carboxylic acids is 1. The number of esters is 1.